The minimum absolute atomic E-state index is 0.0206. The topological polar surface area (TPSA) is 99.1 Å². The van der Waals surface area contributed by atoms with Crippen LogP contribution in [-0.2, 0) is 10.0 Å². The number of nitrogens with zero attached hydrogens (tertiary/aromatic N) is 1. The number of aryl methyl sites for hydroxylation is 2. The van der Waals surface area contributed by atoms with E-state index in [1.165, 1.54) is 23.5 Å². The first-order valence-electron chi connectivity index (χ1n) is 8.32. The molecule has 0 unspecified atom stereocenters. The molecule has 0 saturated heterocycles. The summed E-state index contributed by atoms with van der Waals surface area (Å²) in [6, 6.07) is 6.54. The highest BCUT2D eigenvalue weighted by atomic mass is 32.2. The van der Waals surface area contributed by atoms with Gasteiger partial charge in [0.1, 0.15) is 11.1 Å². The van der Waals surface area contributed by atoms with Crippen molar-refractivity contribution < 1.29 is 13.2 Å². The Bertz CT molecular complexity index is 1040. The molecule has 0 aliphatic carbocycles. The molecule has 1 heterocycles. The Morgan fingerprint density at radius 1 is 1.19 bits per heavy atom. The average Bonchev–Trinajstić information content (AvgIpc) is 2.78. The minimum Gasteiger partial charge on any atom is -0.312 e. The molecule has 2 rings (SSSR count). The molecule has 0 aliphatic heterocycles. The normalized spacial score (nSPS) is 11.9. The summed E-state index contributed by atoms with van der Waals surface area (Å²) in [7, 11) is -3.76. The number of nitriles is 1. The standard InChI is InChI=1S/C19H23N3O3S2/c1-11-7-8-14(27(24,25)22-19(4,5)6)9-15(11)17(23)21-18-16(10-20)12(2)13(3)26-18/h7-9,22H,1-6H3,(H,21,23). The van der Waals surface area contributed by atoms with E-state index in [-0.39, 0.29) is 10.5 Å². The molecular weight excluding hydrogens is 382 g/mol. The Hall–Kier alpha value is -2.21. The summed E-state index contributed by atoms with van der Waals surface area (Å²) in [5, 5.41) is 12.5. The Morgan fingerprint density at radius 2 is 1.81 bits per heavy atom. The van der Waals surface area contributed by atoms with E-state index >= 15 is 0 Å². The van der Waals surface area contributed by atoms with Crippen LogP contribution in [0.3, 0.4) is 0 Å². The van der Waals surface area contributed by atoms with Crippen LogP contribution in [0.25, 0.3) is 0 Å². The number of anilines is 1. The van der Waals surface area contributed by atoms with Gasteiger partial charge in [-0.05, 0) is 64.8 Å². The number of carbonyl (C=O) groups excluding carboxylic acids is 1. The van der Waals surface area contributed by atoms with Gasteiger partial charge in [-0.15, -0.1) is 11.3 Å². The largest absolute Gasteiger partial charge is 0.312 e. The van der Waals surface area contributed by atoms with Crippen molar-refractivity contribution >= 4 is 32.3 Å². The average molecular weight is 406 g/mol. The fourth-order valence-corrected chi connectivity index (χ4v) is 4.95. The fourth-order valence-electron chi connectivity index (χ4n) is 2.50. The Kier molecular flexibility index (Phi) is 5.80. The molecule has 27 heavy (non-hydrogen) atoms. The van der Waals surface area contributed by atoms with Gasteiger partial charge in [-0.3, -0.25) is 4.79 Å². The van der Waals surface area contributed by atoms with Crippen molar-refractivity contribution in [1.29, 1.82) is 5.26 Å². The van der Waals surface area contributed by atoms with Gasteiger partial charge in [0, 0.05) is 16.0 Å². The molecule has 0 spiro atoms. The smallest absolute Gasteiger partial charge is 0.256 e. The quantitative estimate of drug-likeness (QED) is 0.806. The Balaban J connectivity index is 2.41. The van der Waals surface area contributed by atoms with Crippen LogP contribution in [-0.4, -0.2) is 19.9 Å². The van der Waals surface area contributed by atoms with Crippen molar-refractivity contribution in [2.45, 2.75) is 52.0 Å². The molecule has 1 aromatic heterocycles. The molecule has 1 aromatic carbocycles. The number of hydrogen-bond donors (Lipinski definition) is 2. The number of amides is 1. The van der Waals surface area contributed by atoms with E-state index in [1.54, 1.807) is 33.8 Å². The molecule has 0 fully saturated rings. The third-order valence-electron chi connectivity index (χ3n) is 3.93. The summed E-state index contributed by atoms with van der Waals surface area (Å²) in [6.07, 6.45) is 0. The molecule has 6 nitrogen and oxygen atoms in total. The van der Waals surface area contributed by atoms with Gasteiger partial charge in [0.2, 0.25) is 10.0 Å². The van der Waals surface area contributed by atoms with Crippen LogP contribution in [0.15, 0.2) is 23.1 Å². The minimum atomic E-state index is -3.76. The Labute approximate surface area is 164 Å². The molecule has 0 atom stereocenters. The number of sulfonamides is 1. The third-order valence-corrected chi connectivity index (χ3v) is 6.81. The molecule has 2 N–H and O–H groups in total. The van der Waals surface area contributed by atoms with Crippen LogP contribution in [0.5, 0.6) is 0 Å². The van der Waals surface area contributed by atoms with E-state index in [0.29, 0.717) is 16.1 Å². The molecule has 2 aromatic rings. The first-order valence-corrected chi connectivity index (χ1v) is 10.6. The number of rotatable bonds is 4. The van der Waals surface area contributed by atoms with Crippen LogP contribution >= 0.6 is 11.3 Å². The van der Waals surface area contributed by atoms with Gasteiger partial charge in [0.05, 0.1) is 10.5 Å². The number of benzene rings is 1. The SMILES string of the molecule is Cc1ccc(S(=O)(=O)NC(C)(C)C)cc1C(=O)Nc1sc(C)c(C)c1C#N. The van der Waals surface area contributed by atoms with Gasteiger partial charge >= 0.3 is 0 Å². The van der Waals surface area contributed by atoms with Gasteiger partial charge in [0.25, 0.3) is 5.91 Å². The number of nitrogens with one attached hydrogen (secondary N) is 2. The van der Waals surface area contributed by atoms with Gasteiger partial charge in [-0.25, -0.2) is 13.1 Å². The molecular formula is C19H23N3O3S2. The zero-order valence-electron chi connectivity index (χ0n) is 16.2. The maximum Gasteiger partial charge on any atom is 0.256 e. The van der Waals surface area contributed by atoms with Crippen LogP contribution in [0.2, 0.25) is 0 Å². The van der Waals surface area contributed by atoms with Gasteiger partial charge in [-0.1, -0.05) is 6.07 Å². The third kappa shape index (κ3) is 4.75. The van der Waals surface area contributed by atoms with Crippen molar-refractivity contribution in [1.82, 2.24) is 4.72 Å². The highest BCUT2D eigenvalue weighted by Crippen LogP contribution is 2.32. The highest BCUT2D eigenvalue weighted by molar-refractivity contribution is 7.89. The van der Waals surface area contributed by atoms with Crippen LogP contribution in [0.4, 0.5) is 5.00 Å². The second-order valence-electron chi connectivity index (χ2n) is 7.39. The van der Waals surface area contributed by atoms with Crippen molar-refractivity contribution in [2.75, 3.05) is 5.32 Å². The summed E-state index contributed by atoms with van der Waals surface area (Å²) >= 11 is 1.33. The van der Waals surface area contributed by atoms with Crippen molar-refractivity contribution in [3.8, 4) is 6.07 Å². The number of thiophene rings is 1. The molecule has 0 radical (unpaired) electrons. The van der Waals surface area contributed by atoms with E-state index in [1.807, 2.05) is 13.8 Å². The summed E-state index contributed by atoms with van der Waals surface area (Å²) in [6.45, 7) is 10.7. The van der Waals surface area contributed by atoms with E-state index < -0.39 is 21.5 Å². The summed E-state index contributed by atoms with van der Waals surface area (Å²) in [4.78, 5) is 13.7. The second-order valence-corrected chi connectivity index (χ2v) is 10.3. The van der Waals surface area contributed by atoms with Gasteiger partial charge < -0.3 is 5.32 Å². The van der Waals surface area contributed by atoms with Crippen LogP contribution < -0.4 is 10.0 Å². The summed E-state index contributed by atoms with van der Waals surface area (Å²) in [5.74, 6) is -0.446. The zero-order valence-corrected chi connectivity index (χ0v) is 17.9. The molecule has 144 valence electrons. The monoisotopic (exact) mass is 405 g/mol. The first kappa shape index (κ1) is 21.1. The lowest BCUT2D eigenvalue weighted by molar-refractivity contribution is 0.102. The molecule has 0 saturated carbocycles. The van der Waals surface area contributed by atoms with E-state index in [4.69, 9.17) is 0 Å². The predicted octanol–water partition coefficient (Wildman–Crippen LogP) is 3.87. The summed E-state index contributed by atoms with van der Waals surface area (Å²) in [5.41, 5.74) is 1.52. The van der Waals surface area contributed by atoms with Crippen LogP contribution in [0.1, 0.15) is 52.7 Å². The van der Waals surface area contributed by atoms with E-state index in [0.717, 1.165) is 10.4 Å². The van der Waals surface area contributed by atoms with E-state index in [9.17, 15) is 18.5 Å². The van der Waals surface area contributed by atoms with Crippen molar-refractivity contribution in [3.63, 3.8) is 0 Å². The number of hydrogen-bond acceptors (Lipinski definition) is 5. The van der Waals surface area contributed by atoms with E-state index in [2.05, 4.69) is 16.1 Å². The van der Waals surface area contributed by atoms with Gasteiger partial charge in [0.15, 0.2) is 0 Å². The lowest BCUT2D eigenvalue weighted by Crippen LogP contribution is -2.40. The van der Waals surface area contributed by atoms with Crippen LogP contribution in [0, 0.1) is 32.1 Å². The lowest BCUT2D eigenvalue weighted by Gasteiger charge is -2.20. The highest BCUT2D eigenvalue weighted by Gasteiger charge is 2.24. The fraction of sp³-hybridized carbons (Fsp3) is 0.368. The zero-order chi connectivity index (χ0) is 20.6. The predicted molar refractivity (Wildman–Crippen MR) is 108 cm³/mol. The maximum atomic E-state index is 12.8. The molecule has 0 bridgehead atoms. The summed E-state index contributed by atoms with van der Waals surface area (Å²) < 4.78 is 27.7. The van der Waals surface area contributed by atoms with Crippen molar-refractivity contribution in [2.24, 2.45) is 0 Å². The molecule has 8 heteroatoms. The van der Waals surface area contributed by atoms with Gasteiger partial charge in [-0.2, -0.15) is 5.26 Å². The first-order chi connectivity index (χ1) is 12.4. The molecule has 1 amide bonds. The number of carbonyl (C=O) groups is 1. The maximum absolute atomic E-state index is 12.8. The van der Waals surface area contributed by atoms with Crippen molar-refractivity contribution in [3.05, 3.63) is 45.3 Å². The second kappa shape index (κ2) is 7.43. The molecule has 0 aliphatic rings. The lowest BCUT2D eigenvalue weighted by atomic mass is 10.1. The Morgan fingerprint density at radius 3 is 2.37 bits per heavy atom.